The summed E-state index contributed by atoms with van der Waals surface area (Å²) in [6.45, 7) is 1.72. The fraction of sp³-hybridized carbons (Fsp3) is 0.222. The SMILES string of the molecule is CCC(=O)c1cc(F)cc(Cl)c1. The quantitative estimate of drug-likeness (QED) is 0.649. The lowest BCUT2D eigenvalue weighted by molar-refractivity contribution is 0.0987. The summed E-state index contributed by atoms with van der Waals surface area (Å²) in [5.74, 6) is -0.573. The van der Waals surface area contributed by atoms with E-state index in [-0.39, 0.29) is 10.8 Å². The summed E-state index contributed by atoms with van der Waals surface area (Å²) >= 11 is 5.56. The van der Waals surface area contributed by atoms with E-state index < -0.39 is 5.82 Å². The van der Waals surface area contributed by atoms with Crippen LogP contribution in [0, 0.1) is 5.82 Å². The highest BCUT2D eigenvalue weighted by Crippen LogP contribution is 2.15. The van der Waals surface area contributed by atoms with Gasteiger partial charge in [-0.15, -0.1) is 0 Å². The van der Waals surface area contributed by atoms with E-state index in [1.165, 1.54) is 18.2 Å². The second kappa shape index (κ2) is 3.68. The second-order valence-corrected chi connectivity index (χ2v) is 2.87. The summed E-state index contributed by atoms with van der Waals surface area (Å²) in [6, 6.07) is 3.84. The second-order valence-electron chi connectivity index (χ2n) is 2.43. The first-order valence-corrected chi connectivity index (χ1v) is 4.00. The third-order valence-electron chi connectivity index (χ3n) is 1.51. The van der Waals surface area contributed by atoms with Gasteiger partial charge >= 0.3 is 0 Å². The number of carbonyl (C=O) groups is 1. The molecule has 3 heteroatoms. The van der Waals surface area contributed by atoms with Crippen molar-refractivity contribution in [2.45, 2.75) is 13.3 Å². The van der Waals surface area contributed by atoms with Crippen LogP contribution in [0.2, 0.25) is 5.02 Å². The van der Waals surface area contributed by atoms with Crippen LogP contribution < -0.4 is 0 Å². The van der Waals surface area contributed by atoms with Crippen molar-refractivity contribution in [3.05, 3.63) is 34.6 Å². The maximum atomic E-state index is 12.7. The van der Waals surface area contributed by atoms with Crippen LogP contribution in [0.3, 0.4) is 0 Å². The van der Waals surface area contributed by atoms with Crippen LogP contribution in [-0.2, 0) is 0 Å². The molecule has 0 atom stereocenters. The average Bonchev–Trinajstić information content (AvgIpc) is 2.01. The van der Waals surface area contributed by atoms with Gasteiger partial charge in [-0.05, 0) is 18.2 Å². The molecule has 0 radical (unpaired) electrons. The summed E-state index contributed by atoms with van der Waals surface area (Å²) in [7, 11) is 0. The van der Waals surface area contributed by atoms with Gasteiger partial charge in [0.05, 0.1) is 0 Å². The monoisotopic (exact) mass is 186 g/mol. The van der Waals surface area contributed by atoms with Crippen LogP contribution in [0.4, 0.5) is 4.39 Å². The number of ketones is 1. The van der Waals surface area contributed by atoms with Crippen molar-refractivity contribution in [2.75, 3.05) is 0 Å². The lowest BCUT2D eigenvalue weighted by Crippen LogP contribution is -1.96. The molecule has 1 rings (SSSR count). The molecule has 0 saturated heterocycles. The summed E-state index contributed by atoms with van der Waals surface area (Å²) in [6.07, 6.45) is 0.361. The van der Waals surface area contributed by atoms with E-state index in [1.807, 2.05) is 0 Å². The van der Waals surface area contributed by atoms with Crippen molar-refractivity contribution in [2.24, 2.45) is 0 Å². The predicted molar refractivity (Wildman–Crippen MR) is 46.0 cm³/mol. The highest BCUT2D eigenvalue weighted by atomic mass is 35.5. The molecule has 0 amide bonds. The van der Waals surface area contributed by atoms with Gasteiger partial charge in [0.15, 0.2) is 5.78 Å². The standard InChI is InChI=1S/C9H8ClFO/c1-2-9(12)6-3-7(10)5-8(11)4-6/h3-5H,2H2,1H3. The Labute approximate surface area is 75.2 Å². The smallest absolute Gasteiger partial charge is 0.162 e. The molecule has 1 nitrogen and oxygen atoms in total. The van der Waals surface area contributed by atoms with Crippen LogP contribution in [0.1, 0.15) is 23.7 Å². The Hall–Kier alpha value is -0.890. The molecule has 0 aliphatic heterocycles. The van der Waals surface area contributed by atoms with Crippen molar-refractivity contribution < 1.29 is 9.18 Å². The Bertz CT molecular complexity index is 289. The summed E-state index contributed by atoms with van der Waals surface area (Å²) < 4.78 is 12.7. The lowest BCUT2D eigenvalue weighted by atomic mass is 10.1. The molecule has 0 aliphatic carbocycles. The third-order valence-corrected chi connectivity index (χ3v) is 1.72. The number of hydrogen-bond donors (Lipinski definition) is 0. The Balaban J connectivity index is 3.08. The van der Waals surface area contributed by atoms with Gasteiger partial charge in [0.25, 0.3) is 0 Å². The number of rotatable bonds is 2. The van der Waals surface area contributed by atoms with E-state index >= 15 is 0 Å². The van der Waals surface area contributed by atoms with Crippen LogP contribution in [0.15, 0.2) is 18.2 Å². The van der Waals surface area contributed by atoms with Crippen molar-refractivity contribution in [1.82, 2.24) is 0 Å². The Kier molecular flexibility index (Phi) is 2.82. The number of carbonyl (C=O) groups excluding carboxylic acids is 1. The van der Waals surface area contributed by atoms with Crippen LogP contribution >= 0.6 is 11.6 Å². The maximum absolute atomic E-state index is 12.7. The Morgan fingerprint density at radius 2 is 2.17 bits per heavy atom. The molecule has 64 valence electrons. The first kappa shape index (κ1) is 9.20. The van der Waals surface area contributed by atoms with E-state index in [0.717, 1.165) is 0 Å². The molecule has 0 heterocycles. The lowest BCUT2D eigenvalue weighted by Gasteiger charge is -1.98. The van der Waals surface area contributed by atoms with Crippen molar-refractivity contribution in [3.63, 3.8) is 0 Å². The van der Waals surface area contributed by atoms with E-state index in [0.29, 0.717) is 12.0 Å². The molecule has 0 spiro atoms. The van der Waals surface area contributed by atoms with E-state index in [1.54, 1.807) is 6.92 Å². The molecule has 12 heavy (non-hydrogen) atoms. The average molecular weight is 187 g/mol. The molecule has 0 aromatic heterocycles. The number of benzene rings is 1. The normalized spacial score (nSPS) is 9.92. The van der Waals surface area contributed by atoms with Gasteiger partial charge in [-0.3, -0.25) is 4.79 Å². The molecule has 0 fully saturated rings. The van der Waals surface area contributed by atoms with Gasteiger partial charge in [0.2, 0.25) is 0 Å². The minimum atomic E-state index is -0.473. The fourth-order valence-electron chi connectivity index (χ4n) is 0.919. The summed E-state index contributed by atoms with van der Waals surface area (Å²) in [4.78, 5) is 11.1. The van der Waals surface area contributed by atoms with Gasteiger partial charge in [-0.1, -0.05) is 18.5 Å². The van der Waals surface area contributed by atoms with Gasteiger partial charge in [0.1, 0.15) is 5.82 Å². The number of Topliss-reactive ketones (excluding diaryl/α,β-unsaturated/α-hetero) is 1. The Morgan fingerprint density at radius 3 is 2.67 bits per heavy atom. The van der Waals surface area contributed by atoms with E-state index in [9.17, 15) is 9.18 Å². The highest BCUT2D eigenvalue weighted by Gasteiger charge is 2.05. The van der Waals surface area contributed by atoms with Crippen LogP contribution in [0.25, 0.3) is 0 Å². The summed E-state index contributed by atoms with van der Waals surface area (Å²) in [5.41, 5.74) is 0.336. The van der Waals surface area contributed by atoms with Crippen molar-refractivity contribution in [3.8, 4) is 0 Å². The first-order valence-electron chi connectivity index (χ1n) is 3.62. The minimum absolute atomic E-state index is 0.101. The molecule has 0 N–H and O–H groups in total. The topological polar surface area (TPSA) is 17.1 Å². The molecule has 0 bridgehead atoms. The highest BCUT2D eigenvalue weighted by molar-refractivity contribution is 6.31. The molecular formula is C9H8ClFO. The third kappa shape index (κ3) is 2.05. The van der Waals surface area contributed by atoms with E-state index in [4.69, 9.17) is 11.6 Å². The van der Waals surface area contributed by atoms with Gasteiger partial charge in [-0.25, -0.2) is 4.39 Å². The van der Waals surface area contributed by atoms with Gasteiger partial charge in [0, 0.05) is 17.0 Å². The van der Waals surface area contributed by atoms with E-state index in [2.05, 4.69) is 0 Å². The molecule has 0 unspecified atom stereocenters. The molecule has 1 aromatic carbocycles. The predicted octanol–water partition coefficient (Wildman–Crippen LogP) is 3.07. The Morgan fingerprint density at radius 1 is 1.50 bits per heavy atom. The maximum Gasteiger partial charge on any atom is 0.162 e. The zero-order valence-electron chi connectivity index (χ0n) is 6.60. The molecule has 0 aliphatic rings. The van der Waals surface area contributed by atoms with Crippen molar-refractivity contribution in [1.29, 1.82) is 0 Å². The largest absolute Gasteiger partial charge is 0.294 e. The summed E-state index contributed by atoms with van der Waals surface area (Å²) in [5, 5.41) is 0.256. The van der Waals surface area contributed by atoms with Gasteiger partial charge < -0.3 is 0 Å². The zero-order chi connectivity index (χ0) is 9.14. The van der Waals surface area contributed by atoms with Crippen LogP contribution in [-0.4, -0.2) is 5.78 Å². The number of halogens is 2. The molecule has 1 aromatic rings. The van der Waals surface area contributed by atoms with Crippen molar-refractivity contribution >= 4 is 17.4 Å². The first-order chi connectivity index (χ1) is 5.63. The van der Waals surface area contributed by atoms with Gasteiger partial charge in [-0.2, -0.15) is 0 Å². The zero-order valence-corrected chi connectivity index (χ0v) is 7.36. The minimum Gasteiger partial charge on any atom is -0.294 e. The molecular weight excluding hydrogens is 179 g/mol. The number of hydrogen-bond acceptors (Lipinski definition) is 1. The fourth-order valence-corrected chi connectivity index (χ4v) is 1.14. The molecule has 0 saturated carbocycles. The van der Waals surface area contributed by atoms with Crippen LogP contribution in [0.5, 0.6) is 0 Å².